The first kappa shape index (κ1) is 19.1. The second-order valence-corrected chi connectivity index (χ2v) is 7.61. The molecule has 0 amide bonds. The lowest BCUT2D eigenvalue weighted by molar-refractivity contribution is -0.384. The minimum atomic E-state index is -0.430. The smallest absolute Gasteiger partial charge is 0.269 e. The predicted molar refractivity (Wildman–Crippen MR) is 109 cm³/mol. The number of nitro benzene ring substituents is 1. The van der Waals surface area contributed by atoms with E-state index in [4.69, 9.17) is 11.6 Å². The van der Waals surface area contributed by atoms with Crippen molar-refractivity contribution in [3.63, 3.8) is 0 Å². The van der Waals surface area contributed by atoms with Crippen LogP contribution in [0.3, 0.4) is 0 Å². The predicted octanol–water partition coefficient (Wildman–Crippen LogP) is 6.35. The van der Waals surface area contributed by atoms with Crippen LogP contribution in [-0.2, 0) is 0 Å². The molecule has 0 saturated carbocycles. The molecule has 0 radical (unpaired) electrons. The van der Waals surface area contributed by atoms with Gasteiger partial charge in [-0.3, -0.25) is 14.9 Å². The third-order valence-corrected chi connectivity index (χ3v) is 5.55. The number of non-ortho nitro benzene ring substituents is 1. The lowest BCUT2D eigenvalue weighted by atomic mass is 10.0. The van der Waals surface area contributed by atoms with Gasteiger partial charge in [-0.1, -0.05) is 54.1 Å². The van der Waals surface area contributed by atoms with Crippen LogP contribution >= 0.6 is 23.4 Å². The van der Waals surface area contributed by atoms with Crippen molar-refractivity contribution in [2.75, 3.05) is 0 Å². The van der Waals surface area contributed by atoms with Crippen LogP contribution in [0.5, 0.6) is 0 Å². The van der Waals surface area contributed by atoms with Gasteiger partial charge in [-0.05, 0) is 29.8 Å². The van der Waals surface area contributed by atoms with Crippen molar-refractivity contribution < 1.29 is 9.72 Å². The zero-order chi connectivity index (χ0) is 19.2. The Morgan fingerprint density at radius 2 is 1.59 bits per heavy atom. The maximum absolute atomic E-state index is 12.7. The van der Waals surface area contributed by atoms with E-state index in [1.165, 1.54) is 23.9 Å². The number of nitro groups is 1. The van der Waals surface area contributed by atoms with Gasteiger partial charge in [0.05, 0.1) is 4.92 Å². The van der Waals surface area contributed by atoms with Gasteiger partial charge in [-0.2, -0.15) is 0 Å². The number of nitrogens with zero attached hydrogens (tertiary/aromatic N) is 1. The minimum absolute atomic E-state index is 0.0282. The highest BCUT2D eigenvalue weighted by atomic mass is 35.5. The number of hydrogen-bond donors (Lipinski definition) is 0. The van der Waals surface area contributed by atoms with Crippen molar-refractivity contribution in [3.8, 4) is 0 Å². The van der Waals surface area contributed by atoms with Gasteiger partial charge >= 0.3 is 0 Å². The van der Waals surface area contributed by atoms with Crippen molar-refractivity contribution in [1.82, 2.24) is 0 Å². The lowest BCUT2D eigenvalue weighted by Crippen LogP contribution is -2.05. The van der Waals surface area contributed by atoms with E-state index in [-0.39, 0.29) is 23.1 Å². The van der Waals surface area contributed by atoms with Crippen LogP contribution < -0.4 is 0 Å². The van der Waals surface area contributed by atoms with Gasteiger partial charge in [-0.15, -0.1) is 11.8 Å². The van der Waals surface area contributed by atoms with Crippen LogP contribution in [0.1, 0.15) is 27.6 Å². The van der Waals surface area contributed by atoms with E-state index >= 15 is 0 Å². The molecule has 0 fully saturated rings. The standard InChI is InChI=1S/C21H16ClNO3S/c22-17-8-12-19(13-9-17)27-21(14-20(24)15-4-2-1-3-5-15)16-6-10-18(11-7-16)23(25)26/h1-13,21H,14H2. The van der Waals surface area contributed by atoms with E-state index in [2.05, 4.69) is 0 Å². The highest BCUT2D eigenvalue weighted by molar-refractivity contribution is 7.99. The van der Waals surface area contributed by atoms with E-state index in [0.717, 1.165) is 10.5 Å². The van der Waals surface area contributed by atoms with Crippen LogP contribution in [-0.4, -0.2) is 10.7 Å². The average Bonchev–Trinajstić information content (AvgIpc) is 2.70. The van der Waals surface area contributed by atoms with Crippen molar-refractivity contribution in [2.45, 2.75) is 16.6 Å². The quantitative estimate of drug-likeness (QED) is 0.201. The van der Waals surface area contributed by atoms with Gasteiger partial charge in [0.25, 0.3) is 5.69 Å². The van der Waals surface area contributed by atoms with Crippen molar-refractivity contribution in [3.05, 3.63) is 105 Å². The maximum atomic E-state index is 12.7. The summed E-state index contributed by atoms with van der Waals surface area (Å²) < 4.78 is 0. The molecule has 4 nitrogen and oxygen atoms in total. The fourth-order valence-corrected chi connectivity index (χ4v) is 3.90. The third-order valence-electron chi connectivity index (χ3n) is 4.03. The second kappa shape index (κ2) is 8.84. The summed E-state index contributed by atoms with van der Waals surface area (Å²) in [6, 6.07) is 22.9. The fraction of sp³-hybridized carbons (Fsp3) is 0.0952. The Balaban J connectivity index is 1.86. The summed E-state index contributed by atoms with van der Waals surface area (Å²) in [6.45, 7) is 0. The monoisotopic (exact) mass is 397 g/mol. The van der Waals surface area contributed by atoms with Crippen LogP contribution in [0.15, 0.2) is 83.8 Å². The van der Waals surface area contributed by atoms with Crippen LogP contribution in [0.25, 0.3) is 0 Å². The largest absolute Gasteiger partial charge is 0.294 e. The van der Waals surface area contributed by atoms with Crippen molar-refractivity contribution in [1.29, 1.82) is 0 Å². The molecule has 136 valence electrons. The number of Topliss-reactive ketones (excluding diaryl/α,β-unsaturated/α-hetero) is 1. The number of thioether (sulfide) groups is 1. The number of rotatable bonds is 7. The fourth-order valence-electron chi connectivity index (χ4n) is 2.63. The first-order chi connectivity index (χ1) is 13.0. The molecule has 0 aliphatic heterocycles. The topological polar surface area (TPSA) is 60.2 Å². The summed E-state index contributed by atoms with van der Waals surface area (Å²) in [4.78, 5) is 24.2. The second-order valence-electron chi connectivity index (χ2n) is 5.90. The third kappa shape index (κ3) is 5.18. The Kier molecular flexibility index (Phi) is 6.27. The summed E-state index contributed by atoms with van der Waals surface area (Å²) in [5, 5.41) is 11.4. The minimum Gasteiger partial charge on any atom is -0.294 e. The van der Waals surface area contributed by atoms with Gasteiger partial charge in [-0.25, -0.2) is 0 Å². The summed E-state index contributed by atoms with van der Waals surface area (Å²) in [6.07, 6.45) is 0.287. The molecule has 1 unspecified atom stereocenters. The van der Waals surface area contributed by atoms with E-state index in [1.807, 2.05) is 30.3 Å². The molecule has 0 bridgehead atoms. The van der Waals surface area contributed by atoms with E-state index in [0.29, 0.717) is 10.6 Å². The highest BCUT2D eigenvalue weighted by Crippen LogP contribution is 2.39. The first-order valence-electron chi connectivity index (χ1n) is 8.28. The van der Waals surface area contributed by atoms with Gasteiger partial charge < -0.3 is 0 Å². The van der Waals surface area contributed by atoms with Crippen LogP contribution in [0.2, 0.25) is 5.02 Å². The molecule has 0 saturated heterocycles. The Hall–Kier alpha value is -2.63. The van der Waals surface area contributed by atoms with Crippen molar-refractivity contribution in [2.24, 2.45) is 0 Å². The van der Waals surface area contributed by atoms with Gasteiger partial charge in [0.15, 0.2) is 5.78 Å². The molecular weight excluding hydrogens is 382 g/mol. The highest BCUT2D eigenvalue weighted by Gasteiger charge is 2.19. The molecule has 3 rings (SSSR count). The molecule has 0 N–H and O–H groups in total. The van der Waals surface area contributed by atoms with Gasteiger partial charge in [0.2, 0.25) is 0 Å². The molecule has 0 aromatic heterocycles. The number of carbonyl (C=O) groups is 1. The van der Waals surface area contributed by atoms with Gasteiger partial charge in [0, 0.05) is 39.3 Å². The van der Waals surface area contributed by atoms with Crippen LogP contribution in [0.4, 0.5) is 5.69 Å². The molecular formula is C21H16ClNO3S. The van der Waals surface area contributed by atoms with Crippen molar-refractivity contribution >= 4 is 34.8 Å². The normalized spacial score (nSPS) is 11.7. The van der Waals surface area contributed by atoms with E-state index < -0.39 is 4.92 Å². The van der Waals surface area contributed by atoms with Gasteiger partial charge in [0.1, 0.15) is 0 Å². The van der Waals surface area contributed by atoms with E-state index in [9.17, 15) is 14.9 Å². The molecule has 1 atom stereocenters. The number of ketones is 1. The Labute approximate surface area is 166 Å². The summed E-state index contributed by atoms with van der Waals surface area (Å²) in [7, 11) is 0. The SMILES string of the molecule is O=C(CC(Sc1ccc(Cl)cc1)c1ccc([N+](=O)[O-])cc1)c1ccccc1. The summed E-state index contributed by atoms with van der Waals surface area (Å²) >= 11 is 7.49. The lowest BCUT2D eigenvalue weighted by Gasteiger charge is -2.17. The molecule has 0 heterocycles. The van der Waals surface area contributed by atoms with E-state index in [1.54, 1.807) is 36.4 Å². The Morgan fingerprint density at radius 1 is 0.963 bits per heavy atom. The number of halogens is 1. The molecule has 0 aliphatic rings. The average molecular weight is 398 g/mol. The summed E-state index contributed by atoms with van der Waals surface area (Å²) in [5.74, 6) is 0.0282. The Bertz CT molecular complexity index is 928. The number of benzene rings is 3. The van der Waals surface area contributed by atoms with Crippen LogP contribution in [0, 0.1) is 10.1 Å². The Morgan fingerprint density at radius 3 is 2.19 bits per heavy atom. The molecule has 0 aliphatic carbocycles. The molecule has 0 spiro atoms. The zero-order valence-corrected chi connectivity index (χ0v) is 15.8. The summed E-state index contributed by atoms with van der Waals surface area (Å²) in [5.41, 5.74) is 1.55. The number of carbonyl (C=O) groups excluding carboxylic acids is 1. The maximum Gasteiger partial charge on any atom is 0.269 e. The molecule has 3 aromatic rings. The molecule has 3 aromatic carbocycles. The molecule has 6 heteroatoms. The zero-order valence-electron chi connectivity index (χ0n) is 14.2. The molecule has 27 heavy (non-hydrogen) atoms. The number of hydrogen-bond acceptors (Lipinski definition) is 4. The first-order valence-corrected chi connectivity index (χ1v) is 9.53.